The number of carbonyl (C=O) groups is 1. The van der Waals surface area contributed by atoms with Crippen LogP contribution in [0.5, 0.6) is 0 Å². The molecule has 1 atom stereocenters. The number of nitrogens with one attached hydrogen (secondary N) is 1. The first-order chi connectivity index (χ1) is 9.16. The Bertz CT molecular complexity index is 499. The minimum atomic E-state index is -0.349. The highest BCUT2D eigenvalue weighted by molar-refractivity contribution is 6.44. The van der Waals surface area contributed by atoms with E-state index >= 15 is 0 Å². The monoisotopic (exact) mass is 318 g/mol. The second kappa shape index (κ2) is 6.66. The quantitative estimate of drug-likeness (QED) is 0.747. The molecule has 0 radical (unpaired) electrons. The van der Waals surface area contributed by atoms with Crippen LogP contribution < -0.4 is 11.1 Å². The summed E-state index contributed by atoms with van der Waals surface area (Å²) in [6.45, 7) is 5.96. The fourth-order valence-electron chi connectivity index (χ4n) is 1.86. The second-order valence-electron chi connectivity index (χ2n) is 5.77. The highest BCUT2D eigenvalue weighted by Crippen LogP contribution is 2.29. The van der Waals surface area contributed by atoms with E-state index < -0.39 is 0 Å². The third-order valence-corrected chi connectivity index (χ3v) is 3.87. The van der Waals surface area contributed by atoms with Crippen LogP contribution in [0.1, 0.15) is 37.6 Å². The summed E-state index contributed by atoms with van der Waals surface area (Å²) >= 11 is 12.0. The smallest absolute Gasteiger partial charge is 0.253 e. The minimum Gasteiger partial charge on any atom is -0.399 e. The normalized spacial score (nSPS) is 13.1. The molecule has 112 valence electrons. The second-order valence-corrected chi connectivity index (χ2v) is 6.55. The van der Waals surface area contributed by atoms with Crippen LogP contribution in [0.3, 0.4) is 0 Å². The van der Waals surface area contributed by atoms with Crippen molar-refractivity contribution in [2.75, 3.05) is 12.3 Å². The zero-order valence-electron chi connectivity index (χ0n) is 11.8. The minimum absolute atomic E-state index is 0.00632. The number of aliphatic hydroxyl groups excluding tert-OH is 1. The predicted molar refractivity (Wildman–Crippen MR) is 83.3 cm³/mol. The van der Waals surface area contributed by atoms with Gasteiger partial charge in [-0.05, 0) is 24.0 Å². The Kier molecular flexibility index (Phi) is 5.68. The van der Waals surface area contributed by atoms with Crippen molar-refractivity contribution in [1.29, 1.82) is 0 Å². The highest BCUT2D eigenvalue weighted by Gasteiger charge is 2.27. The van der Waals surface area contributed by atoms with Crippen LogP contribution in [0.2, 0.25) is 10.0 Å². The molecule has 0 saturated carbocycles. The summed E-state index contributed by atoms with van der Waals surface area (Å²) in [5.74, 6) is -0.349. The molecule has 4 N–H and O–H groups in total. The van der Waals surface area contributed by atoms with Crippen molar-refractivity contribution in [3.63, 3.8) is 0 Å². The summed E-state index contributed by atoms with van der Waals surface area (Å²) in [7, 11) is 0. The summed E-state index contributed by atoms with van der Waals surface area (Å²) in [5.41, 5.74) is 6.11. The molecule has 1 amide bonds. The summed E-state index contributed by atoms with van der Waals surface area (Å²) in [6.07, 6.45) is 0.461. The standard InChI is InChI=1S/C14H20Cl2N2O2/c1-14(2,3)11(4-5-19)18-13(20)9-6-8(17)7-10(15)12(9)16/h6-7,11,19H,4-5,17H2,1-3H3,(H,18,20). The van der Waals surface area contributed by atoms with E-state index in [2.05, 4.69) is 5.32 Å². The van der Waals surface area contributed by atoms with Crippen LogP contribution in [0.15, 0.2) is 12.1 Å². The number of anilines is 1. The van der Waals surface area contributed by atoms with Gasteiger partial charge in [-0.2, -0.15) is 0 Å². The number of hydrogen-bond donors (Lipinski definition) is 3. The number of aliphatic hydroxyl groups is 1. The van der Waals surface area contributed by atoms with E-state index in [4.69, 9.17) is 34.0 Å². The van der Waals surface area contributed by atoms with Crippen molar-refractivity contribution in [1.82, 2.24) is 5.32 Å². The summed E-state index contributed by atoms with van der Waals surface area (Å²) in [5, 5.41) is 12.4. The van der Waals surface area contributed by atoms with Crippen LogP contribution >= 0.6 is 23.2 Å². The molecule has 0 spiro atoms. The molecule has 0 bridgehead atoms. The molecule has 1 aromatic carbocycles. The van der Waals surface area contributed by atoms with Gasteiger partial charge in [-0.25, -0.2) is 0 Å². The molecular weight excluding hydrogens is 299 g/mol. The van der Waals surface area contributed by atoms with Gasteiger partial charge in [0, 0.05) is 18.3 Å². The van der Waals surface area contributed by atoms with Crippen LogP contribution in [0.25, 0.3) is 0 Å². The molecule has 20 heavy (non-hydrogen) atoms. The number of amides is 1. The topological polar surface area (TPSA) is 75.3 Å². The lowest BCUT2D eigenvalue weighted by molar-refractivity contribution is 0.0885. The van der Waals surface area contributed by atoms with Crippen molar-refractivity contribution in [3.05, 3.63) is 27.7 Å². The number of benzene rings is 1. The Hall–Kier alpha value is -0.970. The lowest BCUT2D eigenvalue weighted by Gasteiger charge is -2.31. The maximum atomic E-state index is 12.3. The van der Waals surface area contributed by atoms with E-state index in [9.17, 15) is 4.79 Å². The van der Waals surface area contributed by atoms with Gasteiger partial charge >= 0.3 is 0 Å². The Labute approximate surface area is 129 Å². The van der Waals surface area contributed by atoms with Crippen LogP contribution in [0.4, 0.5) is 5.69 Å². The lowest BCUT2D eigenvalue weighted by atomic mass is 9.84. The van der Waals surface area contributed by atoms with Gasteiger partial charge in [0.05, 0.1) is 15.6 Å². The number of rotatable bonds is 4. The van der Waals surface area contributed by atoms with Crippen LogP contribution in [-0.4, -0.2) is 23.7 Å². The molecule has 0 aliphatic rings. The van der Waals surface area contributed by atoms with E-state index in [1.807, 2.05) is 20.8 Å². The zero-order valence-corrected chi connectivity index (χ0v) is 13.3. The maximum Gasteiger partial charge on any atom is 0.253 e. The fourth-order valence-corrected chi connectivity index (χ4v) is 2.28. The van der Waals surface area contributed by atoms with Crippen molar-refractivity contribution in [2.45, 2.75) is 33.2 Å². The molecule has 1 unspecified atom stereocenters. The van der Waals surface area contributed by atoms with E-state index in [0.717, 1.165) is 0 Å². The van der Waals surface area contributed by atoms with E-state index in [1.165, 1.54) is 12.1 Å². The predicted octanol–water partition coefficient (Wildman–Crippen LogP) is 3.10. The van der Waals surface area contributed by atoms with E-state index in [1.54, 1.807) is 0 Å². The molecule has 0 saturated heterocycles. The average molecular weight is 319 g/mol. The maximum absolute atomic E-state index is 12.3. The van der Waals surface area contributed by atoms with Crippen molar-refractivity contribution in [2.24, 2.45) is 5.41 Å². The number of halogens is 2. The summed E-state index contributed by atoms with van der Waals surface area (Å²) in [6, 6.07) is 2.80. The number of nitrogens with two attached hydrogens (primary N) is 1. The number of carbonyl (C=O) groups excluding carboxylic acids is 1. The van der Waals surface area contributed by atoms with Gasteiger partial charge in [0.15, 0.2) is 0 Å². The largest absolute Gasteiger partial charge is 0.399 e. The first-order valence-electron chi connectivity index (χ1n) is 6.33. The fraction of sp³-hybridized carbons (Fsp3) is 0.500. The van der Waals surface area contributed by atoms with Crippen molar-refractivity contribution < 1.29 is 9.90 Å². The van der Waals surface area contributed by atoms with Gasteiger partial charge in [-0.15, -0.1) is 0 Å². The Balaban J connectivity index is 3.01. The van der Waals surface area contributed by atoms with Gasteiger partial charge in [-0.3, -0.25) is 4.79 Å². The molecule has 4 nitrogen and oxygen atoms in total. The molecule has 0 heterocycles. The molecular formula is C14H20Cl2N2O2. The SMILES string of the molecule is CC(C)(C)C(CCO)NC(=O)c1cc(N)cc(Cl)c1Cl. The highest BCUT2D eigenvalue weighted by atomic mass is 35.5. The van der Waals surface area contributed by atoms with Gasteiger partial charge in [0.2, 0.25) is 0 Å². The Morgan fingerprint density at radius 2 is 2.00 bits per heavy atom. The molecule has 0 fully saturated rings. The molecule has 0 aliphatic heterocycles. The van der Waals surface area contributed by atoms with Crippen LogP contribution in [-0.2, 0) is 0 Å². The van der Waals surface area contributed by atoms with Crippen molar-refractivity contribution in [3.8, 4) is 0 Å². The lowest BCUT2D eigenvalue weighted by Crippen LogP contribution is -2.44. The molecule has 0 aliphatic carbocycles. The van der Waals surface area contributed by atoms with E-state index in [-0.39, 0.29) is 39.6 Å². The number of nitrogen functional groups attached to an aromatic ring is 1. The molecule has 0 aromatic heterocycles. The van der Waals surface area contributed by atoms with Crippen LogP contribution in [0, 0.1) is 5.41 Å². The first kappa shape index (κ1) is 17.1. The third-order valence-electron chi connectivity index (χ3n) is 3.06. The van der Waals surface area contributed by atoms with Crippen molar-refractivity contribution >= 4 is 34.8 Å². The Morgan fingerprint density at radius 1 is 1.40 bits per heavy atom. The van der Waals surface area contributed by atoms with Gasteiger partial charge < -0.3 is 16.2 Å². The zero-order chi connectivity index (χ0) is 15.5. The van der Waals surface area contributed by atoms with Gasteiger partial charge in [0.25, 0.3) is 5.91 Å². The molecule has 1 rings (SSSR count). The van der Waals surface area contributed by atoms with Gasteiger partial charge in [0.1, 0.15) is 0 Å². The number of hydrogen-bond acceptors (Lipinski definition) is 3. The molecule has 1 aromatic rings. The Morgan fingerprint density at radius 3 is 2.50 bits per heavy atom. The average Bonchev–Trinajstić information content (AvgIpc) is 2.31. The summed E-state index contributed by atoms with van der Waals surface area (Å²) in [4.78, 5) is 12.3. The first-order valence-corrected chi connectivity index (χ1v) is 7.08. The van der Waals surface area contributed by atoms with E-state index in [0.29, 0.717) is 12.1 Å². The third kappa shape index (κ3) is 4.27. The van der Waals surface area contributed by atoms with Gasteiger partial charge in [-0.1, -0.05) is 44.0 Å². The summed E-state index contributed by atoms with van der Waals surface area (Å²) < 4.78 is 0. The molecule has 6 heteroatoms.